The molecule has 1 rings (SSSR count). The first kappa shape index (κ1) is 14.6. The van der Waals surface area contributed by atoms with E-state index in [1.807, 2.05) is 6.26 Å². The first-order chi connectivity index (χ1) is 8.43. The molecule has 0 heterocycles. The number of rotatable bonds is 11. The highest BCUT2D eigenvalue weighted by Gasteiger charge is 2.07. The van der Waals surface area contributed by atoms with Crippen molar-refractivity contribution in [2.75, 3.05) is 6.61 Å². The van der Waals surface area contributed by atoms with Crippen LogP contribution < -0.4 is 0 Å². The summed E-state index contributed by atoms with van der Waals surface area (Å²) in [7, 11) is 0. The maximum absolute atomic E-state index is 5.54. The highest BCUT2D eigenvalue weighted by Crippen LogP contribution is 2.24. The summed E-state index contributed by atoms with van der Waals surface area (Å²) in [5, 5.41) is 0. The van der Waals surface area contributed by atoms with Crippen LogP contribution in [0.4, 0.5) is 0 Å². The third kappa shape index (κ3) is 8.29. The Morgan fingerprint density at radius 1 is 0.882 bits per heavy atom. The maximum Gasteiger partial charge on any atom is 0.0873 e. The lowest BCUT2D eigenvalue weighted by molar-refractivity contribution is 0.233. The average Bonchev–Trinajstić information content (AvgIpc) is 2.28. The lowest BCUT2D eigenvalue weighted by atomic mass is 9.94. The van der Waals surface area contributed by atoms with Crippen LogP contribution in [0.5, 0.6) is 0 Å². The molecule has 17 heavy (non-hydrogen) atoms. The average molecular weight is 238 g/mol. The fourth-order valence-electron chi connectivity index (χ4n) is 2.17. The van der Waals surface area contributed by atoms with Gasteiger partial charge < -0.3 is 4.74 Å². The molecular weight excluding hydrogens is 208 g/mol. The monoisotopic (exact) mass is 238 g/mol. The van der Waals surface area contributed by atoms with E-state index in [-0.39, 0.29) is 0 Å². The molecule has 1 aliphatic rings. The Bertz CT molecular complexity index is 190. The third-order valence-corrected chi connectivity index (χ3v) is 3.61. The van der Waals surface area contributed by atoms with E-state index in [0.29, 0.717) is 0 Å². The first-order valence-electron chi connectivity index (χ1n) is 7.73. The molecule has 0 atom stereocenters. The van der Waals surface area contributed by atoms with Crippen LogP contribution in [0.3, 0.4) is 0 Å². The van der Waals surface area contributed by atoms with Crippen molar-refractivity contribution in [1.82, 2.24) is 0 Å². The van der Waals surface area contributed by atoms with Crippen LogP contribution in [-0.4, -0.2) is 6.61 Å². The third-order valence-electron chi connectivity index (χ3n) is 3.61. The molecule has 0 aromatic carbocycles. The number of hydrogen-bond donors (Lipinski definition) is 0. The highest BCUT2D eigenvalue weighted by atomic mass is 16.5. The van der Waals surface area contributed by atoms with Gasteiger partial charge in [0, 0.05) is 0 Å². The fraction of sp³-hybridized carbons (Fsp3) is 0.875. The van der Waals surface area contributed by atoms with Gasteiger partial charge >= 0.3 is 0 Å². The van der Waals surface area contributed by atoms with Gasteiger partial charge in [-0.3, -0.25) is 0 Å². The highest BCUT2D eigenvalue weighted by molar-refractivity contribution is 5.05. The van der Waals surface area contributed by atoms with Crippen molar-refractivity contribution < 1.29 is 4.74 Å². The maximum atomic E-state index is 5.54. The van der Waals surface area contributed by atoms with Crippen molar-refractivity contribution in [3.63, 3.8) is 0 Å². The minimum atomic E-state index is 0.930. The fourth-order valence-corrected chi connectivity index (χ4v) is 2.17. The largest absolute Gasteiger partial charge is 0.501 e. The molecule has 1 heteroatoms. The Morgan fingerprint density at radius 2 is 1.47 bits per heavy atom. The first-order valence-corrected chi connectivity index (χ1v) is 7.73. The number of hydrogen-bond acceptors (Lipinski definition) is 1. The van der Waals surface area contributed by atoms with E-state index < -0.39 is 0 Å². The summed E-state index contributed by atoms with van der Waals surface area (Å²) in [6.07, 6.45) is 18.4. The Kier molecular flexibility index (Phi) is 9.17. The van der Waals surface area contributed by atoms with Crippen LogP contribution in [-0.2, 0) is 4.74 Å². The number of unbranched alkanes of at least 4 members (excludes halogenated alkanes) is 8. The van der Waals surface area contributed by atoms with Gasteiger partial charge in [0.05, 0.1) is 12.9 Å². The van der Waals surface area contributed by atoms with Gasteiger partial charge in [-0.25, -0.2) is 0 Å². The Labute approximate surface area is 108 Å². The van der Waals surface area contributed by atoms with Gasteiger partial charge in [-0.15, -0.1) is 0 Å². The zero-order chi connectivity index (χ0) is 12.2. The number of ether oxygens (including phenoxy) is 1. The molecule has 0 aromatic heterocycles. The van der Waals surface area contributed by atoms with Crippen molar-refractivity contribution in [1.29, 1.82) is 0 Å². The van der Waals surface area contributed by atoms with Crippen LogP contribution in [0.2, 0.25) is 0 Å². The van der Waals surface area contributed by atoms with Gasteiger partial charge in [-0.05, 0) is 31.3 Å². The van der Waals surface area contributed by atoms with Crippen LogP contribution in [0.1, 0.15) is 84.0 Å². The molecule has 0 aromatic rings. The second-order valence-electron chi connectivity index (χ2n) is 5.33. The van der Waals surface area contributed by atoms with E-state index in [1.165, 1.54) is 82.6 Å². The van der Waals surface area contributed by atoms with E-state index in [9.17, 15) is 0 Å². The standard InChI is InChI=1S/C16H30O/c1-2-3-4-5-6-7-8-9-10-14-17-15-16-12-11-13-16/h15H,2-14H2,1H3. The topological polar surface area (TPSA) is 9.23 Å². The van der Waals surface area contributed by atoms with Crippen molar-refractivity contribution in [2.24, 2.45) is 0 Å². The molecule has 1 fully saturated rings. The van der Waals surface area contributed by atoms with Crippen LogP contribution >= 0.6 is 0 Å². The second-order valence-corrected chi connectivity index (χ2v) is 5.33. The van der Waals surface area contributed by atoms with Gasteiger partial charge in [0.1, 0.15) is 0 Å². The number of allylic oxidation sites excluding steroid dienone is 1. The van der Waals surface area contributed by atoms with E-state index in [0.717, 1.165) is 6.61 Å². The Balaban J connectivity index is 1.69. The zero-order valence-electron chi connectivity index (χ0n) is 11.7. The van der Waals surface area contributed by atoms with Gasteiger partial charge in [0.15, 0.2) is 0 Å². The molecule has 0 unspecified atom stereocenters. The predicted octanol–water partition coefficient (Wildman–Crippen LogP) is 5.60. The molecule has 0 N–H and O–H groups in total. The van der Waals surface area contributed by atoms with Gasteiger partial charge in [-0.1, -0.05) is 58.3 Å². The van der Waals surface area contributed by atoms with Crippen molar-refractivity contribution in [3.8, 4) is 0 Å². The molecule has 1 aliphatic carbocycles. The van der Waals surface area contributed by atoms with E-state index in [4.69, 9.17) is 4.74 Å². The summed E-state index contributed by atoms with van der Waals surface area (Å²) >= 11 is 0. The summed E-state index contributed by atoms with van der Waals surface area (Å²) < 4.78 is 5.54. The predicted molar refractivity (Wildman–Crippen MR) is 75.1 cm³/mol. The lowest BCUT2D eigenvalue weighted by Crippen LogP contribution is -1.98. The molecule has 0 bridgehead atoms. The molecule has 0 amide bonds. The molecule has 0 aliphatic heterocycles. The minimum absolute atomic E-state index is 0.930. The van der Waals surface area contributed by atoms with Crippen molar-refractivity contribution in [2.45, 2.75) is 84.0 Å². The Hall–Kier alpha value is -0.460. The van der Waals surface area contributed by atoms with E-state index in [1.54, 1.807) is 0 Å². The quantitative estimate of drug-likeness (QED) is 0.336. The zero-order valence-corrected chi connectivity index (χ0v) is 11.7. The summed E-state index contributed by atoms with van der Waals surface area (Å²) in [6, 6.07) is 0. The molecule has 1 saturated carbocycles. The van der Waals surface area contributed by atoms with Crippen LogP contribution in [0, 0.1) is 0 Å². The SMILES string of the molecule is CCCCCCCCCCCOC=C1CCC1. The molecular formula is C16H30O. The molecule has 0 spiro atoms. The van der Waals surface area contributed by atoms with Crippen LogP contribution in [0.15, 0.2) is 11.8 Å². The molecule has 100 valence electrons. The molecule has 1 nitrogen and oxygen atoms in total. The molecule has 0 radical (unpaired) electrons. The summed E-state index contributed by atoms with van der Waals surface area (Å²) in [5.41, 5.74) is 1.51. The molecule has 0 saturated heterocycles. The van der Waals surface area contributed by atoms with Crippen LogP contribution in [0.25, 0.3) is 0 Å². The second kappa shape index (κ2) is 10.7. The van der Waals surface area contributed by atoms with E-state index >= 15 is 0 Å². The van der Waals surface area contributed by atoms with Gasteiger partial charge in [0.25, 0.3) is 0 Å². The minimum Gasteiger partial charge on any atom is -0.501 e. The van der Waals surface area contributed by atoms with Crippen molar-refractivity contribution >= 4 is 0 Å². The summed E-state index contributed by atoms with van der Waals surface area (Å²) in [4.78, 5) is 0. The van der Waals surface area contributed by atoms with Gasteiger partial charge in [-0.2, -0.15) is 0 Å². The smallest absolute Gasteiger partial charge is 0.0873 e. The van der Waals surface area contributed by atoms with Gasteiger partial charge in [0.2, 0.25) is 0 Å². The van der Waals surface area contributed by atoms with Crippen molar-refractivity contribution in [3.05, 3.63) is 11.8 Å². The Morgan fingerprint density at radius 3 is 2.00 bits per heavy atom. The normalized spacial score (nSPS) is 14.5. The lowest BCUT2D eigenvalue weighted by Gasteiger charge is -2.15. The van der Waals surface area contributed by atoms with E-state index in [2.05, 4.69) is 6.92 Å². The summed E-state index contributed by atoms with van der Waals surface area (Å²) in [5.74, 6) is 0. The summed E-state index contributed by atoms with van der Waals surface area (Å²) in [6.45, 7) is 3.21.